The molecule has 7 heteroatoms. The molecule has 0 radical (unpaired) electrons. The van der Waals surface area contributed by atoms with Crippen molar-refractivity contribution >= 4 is 17.5 Å². The van der Waals surface area contributed by atoms with E-state index in [4.69, 9.17) is 21.1 Å². The highest BCUT2D eigenvalue weighted by molar-refractivity contribution is 6.32. The van der Waals surface area contributed by atoms with Gasteiger partial charge in [0.25, 0.3) is 5.91 Å². The van der Waals surface area contributed by atoms with E-state index in [1.807, 2.05) is 41.3 Å². The molecule has 0 saturated carbocycles. The molecule has 38 heavy (non-hydrogen) atoms. The van der Waals surface area contributed by atoms with Crippen molar-refractivity contribution in [1.82, 2.24) is 19.6 Å². The molecule has 1 fully saturated rings. The van der Waals surface area contributed by atoms with Gasteiger partial charge in [-0.15, -0.1) is 0 Å². The molecule has 190 valence electrons. The van der Waals surface area contributed by atoms with E-state index >= 15 is 0 Å². The van der Waals surface area contributed by atoms with Crippen LogP contribution < -0.4 is 0 Å². The molecule has 3 heterocycles. The summed E-state index contributed by atoms with van der Waals surface area (Å²) in [7, 11) is 0. The second kappa shape index (κ2) is 10.7. The van der Waals surface area contributed by atoms with Gasteiger partial charge in [0.1, 0.15) is 11.4 Å². The monoisotopic (exact) mass is 522 g/mol. The molecule has 6 nitrogen and oxygen atoms in total. The Labute approximate surface area is 226 Å². The van der Waals surface area contributed by atoms with Crippen LogP contribution in [0.3, 0.4) is 0 Å². The van der Waals surface area contributed by atoms with Crippen LogP contribution in [-0.2, 0) is 0 Å². The summed E-state index contributed by atoms with van der Waals surface area (Å²) >= 11 is 6.51. The number of para-hydroxylation sites is 1. The summed E-state index contributed by atoms with van der Waals surface area (Å²) in [5.74, 6) is 0.522. The third-order valence-electron chi connectivity index (χ3n) is 6.98. The zero-order chi connectivity index (χ0) is 25.9. The summed E-state index contributed by atoms with van der Waals surface area (Å²) in [6.07, 6.45) is 1.60. The lowest BCUT2D eigenvalue weighted by Gasteiger charge is -2.39. The fourth-order valence-electron chi connectivity index (χ4n) is 5.12. The van der Waals surface area contributed by atoms with E-state index in [0.29, 0.717) is 40.9 Å². The minimum Gasteiger partial charge on any atom is -0.463 e. The van der Waals surface area contributed by atoms with Gasteiger partial charge in [0.2, 0.25) is 0 Å². The highest BCUT2D eigenvalue weighted by Gasteiger charge is 2.30. The number of piperazine rings is 1. The van der Waals surface area contributed by atoms with Crippen molar-refractivity contribution < 1.29 is 9.21 Å². The maximum absolute atomic E-state index is 13.9. The molecule has 0 spiro atoms. The van der Waals surface area contributed by atoms with Gasteiger partial charge in [0, 0.05) is 32.2 Å². The van der Waals surface area contributed by atoms with Crippen LogP contribution in [0.25, 0.3) is 17.1 Å². The molecule has 2 aromatic heterocycles. The molecular weight excluding hydrogens is 496 g/mol. The average Bonchev–Trinajstić information content (AvgIpc) is 3.66. The zero-order valence-corrected chi connectivity index (χ0v) is 21.5. The molecule has 0 aliphatic carbocycles. The molecule has 3 aromatic carbocycles. The maximum Gasteiger partial charge on any atom is 0.272 e. The van der Waals surface area contributed by atoms with Crippen LogP contribution in [0, 0.1) is 0 Å². The lowest BCUT2D eigenvalue weighted by Crippen LogP contribution is -2.50. The number of furan rings is 1. The second-order valence-electron chi connectivity index (χ2n) is 9.31. The number of benzene rings is 3. The summed E-state index contributed by atoms with van der Waals surface area (Å²) in [4.78, 5) is 18.2. The van der Waals surface area contributed by atoms with Gasteiger partial charge in [-0.3, -0.25) is 9.69 Å². The number of aromatic nitrogens is 2. The molecule has 1 saturated heterocycles. The number of rotatable bonds is 6. The topological polar surface area (TPSA) is 54.5 Å². The number of hydrogen-bond acceptors (Lipinski definition) is 4. The fourth-order valence-corrected chi connectivity index (χ4v) is 5.33. The van der Waals surface area contributed by atoms with Crippen molar-refractivity contribution in [2.45, 2.75) is 6.04 Å². The summed E-state index contributed by atoms with van der Waals surface area (Å²) in [6.45, 7) is 2.73. The Kier molecular flexibility index (Phi) is 6.82. The van der Waals surface area contributed by atoms with Crippen LogP contribution in [0.4, 0.5) is 0 Å². The largest absolute Gasteiger partial charge is 0.463 e. The Hall–Kier alpha value is -4.13. The second-order valence-corrected chi connectivity index (χ2v) is 9.71. The van der Waals surface area contributed by atoms with Gasteiger partial charge >= 0.3 is 0 Å². The quantitative estimate of drug-likeness (QED) is 0.261. The molecule has 1 aliphatic rings. The SMILES string of the molecule is O=C(c1cc(-c2ccco2)nn1-c1ccccc1Cl)N1CCN(C(c2ccccc2)c2ccccc2)CC1. The van der Waals surface area contributed by atoms with E-state index in [-0.39, 0.29) is 11.9 Å². The van der Waals surface area contributed by atoms with E-state index in [1.54, 1.807) is 29.1 Å². The van der Waals surface area contributed by atoms with Crippen LogP contribution in [0.5, 0.6) is 0 Å². The number of nitrogens with zero attached hydrogens (tertiary/aromatic N) is 4. The lowest BCUT2D eigenvalue weighted by atomic mass is 9.96. The van der Waals surface area contributed by atoms with Crippen LogP contribution in [0.15, 0.2) is 114 Å². The van der Waals surface area contributed by atoms with Crippen LogP contribution in [0.1, 0.15) is 27.7 Å². The predicted molar refractivity (Wildman–Crippen MR) is 148 cm³/mol. The first kappa shape index (κ1) is 24.2. The molecule has 1 amide bonds. The van der Waals surface area contributed by atoms with Crippen LogP contribution in [-0.4, -0.2) is 51.7 Å². The molecule has 1 aliphatic heterocycles. The van der Waals surface area contributed by atoms with Gasteiger partial charge in [0.05, 0.1) is 23.0 Å². The first-order chi connectivity index (χ1) is 18.7. The van der Waals surface area contributed by atoms with Crippen molar-refractivity contribution in [3.05, 3.63) is 131 Å². The highest BCUT2D eigenvalue weighted by Crippen LogP contribution is 2.31. The summed E-state index contributed by atoms with van der Waals surface area (Å²) < 4.78 is 7.19. The van der Waals surface area contributed by atoms with Gasteiger partial charge in [-0.25, -0.2) is 4.68 Å². The van der Waals surface area contributed by atoms with Gasteiger partial charge < -0.3 is 9.32 Å². The molecular formula is C31H27ClN4O2. The number of carbonyl (C=O) groups is 1. The Morgan fingerprint density at radius 2 is 1.42 bits per heavy atom. The predicted octanol–water partition coefficient (Wildman–Crippen LogP) is 6.33. The fraction of sp³-hybridized carbons (Fsp3) is 0.161. The molecule has 0 N–H and O–H groups in total. The third-order valence-corrected chi connectivity index (χ3v) is 7.30. The molecule has 5 aromatic rings. The number of carbonyl (C=O) groups excluding carboxylic acids is 1. The van der Waals surface area contributed by atoms with E-state index in [2.05, 4.69) is 53.4 Å². The molecule has 0 unspecified atom stereocenters. The van der Waals surface area contributed by atoms with Crippen molar-refractivity contribution in [2.75, 3.05) is 26.2 Å². The standard InChI is InChI=1S/C31H27ClN4O2/c32-25-14-7-8-15-27(25)36-28(22-26(33-36)29-16-9-21-38-29)31(37)35-19-17-34(18-20-35)30(23-10-3-1-4-11-23)24-12-5-2-6-13-24/h1-16,21-22,30H,17-20H2. The van der Waals surface area contributed by atoms with E-state index in [1.165, 1.54) is 11.1 Å². The molecule has 0 bridgehead atoms. The van der Waals surface area contributed by atoms with Crippen LogP contribution in [0.2, 0.25) is 5.02 Å². The Balaban J connectivity index is 1.27. The van der Waals surface area contributed by atoms with E-state index < -0.39 is 0 Å². The molecule has 6 rings (SSSR count). The molecule has 0 atom stereocenters. The van der Waals surface area contributed by atoms with Gasteiger partial charge in [-0.05, 0) is 35.4 Å². The third kappa shape index (κ3) is 4.76. The Bertz CT molecular complexity index is 1470. The Morgan fingerprint density at radius 1 is 0.789 bits per heavy atom. The van der Waals surface area contributed by atoms with E-state index in [0.717, 1.165) is 13.1 Å². The smallest absolute Gasteiger partial charge is 0.272 e. The maximum atomic E-state index is 13.9. The normalized spacial score (nSPS) is 14.2. The lowest BCUT2D eigenvalue weighted by molar-refractivity contribution is 0.0589. The minimum atomic E-state index is -0.0779. The number of amides is 1. The highest BCUT2D eigenvalue weighted by atomic mass is 35.5. The van der Waals surface area contributed by atoms with Crippen LogP contribution >= 0.6 is 11.6 Å². The van der Waals surface area contributed by atoms with Crippen molar-refractivity contribution in [2.24, 2.45) is 0 Å². The number of halogens is 1. The van der Waals surface area contributed by atoms with Crippen molar-refractivity contribution in [3.8, 4) is 17.1 Å². The minimum absolute atomic E-state index is 0.0779. The van der Waals surface area contributed by atoms with Gasteiger partial charge in [-0.1, -0.05) is 84.4 Å². The van der Waals surface area contributed by atoms with Crippen molar-refractivity contribution in [1.29, 1.82) is 0 Å². The summed E-state index contributed by atoms with van der Waals surface area (Å²) in [6, 6.07) is 34.1. The number of hydrogen-bond donors (Lipinski definition) is 0. The first-order valence-electron chi connectivity index (χ1n) is 12.7. The zero-order valence-electron chi connectivity index (χ0n) is 20.8. The van der Waals surface area contributed by atoms with Gasteiger partial charge in [-0.2, -0.15) is 5.10 Å². The summed E-state index contributed by atoms with van der Waals surface area (Å²) in [5, 5.41) is 5.22. The Morgan fingerprint density at radius 3 is 2.03 bits per heavy atom. The van der Waals surface area contributed by atoms with Gasteiger partial charge in [0.15, 0.2) is 5.76 Å². The summed E-state index contributed by atoms with van der Waals surface area (Å²) in [5.41, 5.74) is 4.20. The van der Waals surface area contributed by atoms with Crippen molar-refractivity contribution in [3.63, 3.8) is 0 Å². The average molecular weight is 523 g/mol. The first-order valence-corrected chi connectivity index (χ1v) is 13.1. The van der Waals surface area contributed by atoms with E-state index in [9.17, 15) is 4.79 Å².